The average Bonchev–Trinajstić information content (AvgIpc) is 2.96. The van der Waals surface area contributed by atoms with E-state index in [9.17, 15) is 9.18 Å². The van der Waals surface area contributed by atoms with Gasteiger partial charge in [-0.05, 0) is 49.4 Å². The van der Waals surface area contributed by atoms with E-state index in [0.717, 1.165) is 24.5 Å². The molecule has 0 bridgehead atoms. The molecule has 0 aromatic heterocycles. The lowest BCUT2D eigenvalue weighted by Gasteiger charge is -2.22. The maximum absolute atomic E-state index is 13.5. The summed E-state index contributed by atoms with van der Waals surface area (Å²) in [5.41, 5.74) is 3.56. The second-order valence-electron chi connectivity index (χ2n) is 5.97. The van der Waals surface area contributed by atoms with E-state index < -0.39 is 0 Å². The number of likely N-dealkylation sites (N-methyl/N-ethyl adjacent to an activating group) is 1. The lowest BCUT2D eigenvalue weighted by Crippen LogP contribution is -2.26. The van der Waals surface area contributed by atoms with Gasteiger partial charge in [0.15, 0.2) is 0 Å². The van der Waals surface area contributed by atoms with Crippen LogP contribution in [0.1, 0.15) is 12.5 Å². The Morgan fingerprint density at radius 3 is 2.69 bits per heavy atom. The van der Waals surface area contributed by atoms with E-state index in [1.807, 2.05) is 24.3 Å². The fourth-order valence-electron chi connectivity index (χ4n) is 2.90. The van der Waals surface area contributed by atoms with E-state index in [0.29, 0.717) is 23.4 Å². The average molecular weight is 355 g/mol. The molecule has 0 saturated heterocycles. The number of carbonyl (C=O) groups excluding carboxylic acids is 1. The number of fused-ring (bicyclic) bond motifs is 1. The molecule has 1 aliphatic rings. The van der Waals surface area contributed by atoms with Crippen molar-refractivity contribution in [3.05, 3.63) is 60.0 Å². The summed E-state index contributed by atoms with van der Waals surface area (Å²) in [7, 11) is 1.69. The highest BCUT2D eigenvalue weighted by molar-refractivity contribution is 6.31. The van der Waals surface area contributed by atoms with Crippen LogP contribution >= 0.6 is 0 Å². The molecule has 2 aromatic carbocycles. The number of nitrogens with zero attached hydrogens (tertiary/aromatic N) is 1. The molecule has 1 amide bonds. The highest BCUT2D eigenvalue weighted by Gasteiger charge is 2.24. The Kier molecular flexibility index (Phi) is 5.53. The topological polar surface area (TPSA) is 53.6 Å². The van der Waals surface area contributed by atoms with Crippen molar-refractivity contribution in [2.75, 3.05) is 42.3 Å². The summed E-state index contributed by atoms with van der Waals surface area (Å²) in [5.74, 6) is -0.613. The number of ether oxygens (including phenoxy) is 1. The molecule has 1 heterocycles. The molecule has 0 atom stereocenters. The SMILES string of the molecule is CCN(CCOC)c1ccc(N/C=C2\C(=O)Nc3ccc(F)cc32)cc1. The third-order valence-corrected chi connectivity index (χ3v) is 4.33. The first kappa shape index (κ1) is 17.9. The fourth-order valence-corrected chi connectivity index (χ4v) is 2.90. The van der Waals surface area contributed by atoms with Crippen LogP contribution in [0.4, 0.5) is 21.5 Å². The van der Waals surface area contributed by atoms with Gasteiger partial charge in [0, 0.05) is 49.0 Å². The molecule has 0 radical (unpaired) electrons. The third-order valence-electron chi connectivity index (χ3n) is 4.33. The van der Waals surface area contributed by atoms with Gasteiger partial charge in [-0.2, -0.15) is 0 Å². The van der Waals surface area contributed by atoms with Crippen molar-refractivity contribution >= 4 is 28.5 Å². The minimum Gasteiger partial charge on any atom is -0.383 e. The first-order valence-electron chi connectivity index (χ1n) is 8.54. The summed E-state index contributed by atoms with van der Waals surface area (Å²) >= 11 is 0. The van der Waals surface area contributed by atoms with Crippen molar-refractivity contribution in [3.63, 3.8) is 0 Å². The van der Waals surface area contributed by atoms with Crippen molar-refractivity contribution in [2.24, 2.45) is 0 Å². The van der Waals surface area contributed by atoms with E-state index in [2.05, 4.69) is 22.5 Å². The number of rotatable bonds is 7. The van der Waals surface area contributed by atoms with Gasteiger partial charge in [-0.15, -0.1) is 0 Å². The van der Waals surface area contributed by atoms with Gasteiger partial charge in [0.05, 0.1) is 12.2 Å². The predicted octanol–water partition coefficient (Wildman–Crippen LogP) is 3.70. The minimum atomic E-state index is -0.369. The van der Waals surface area contributed by atoms with Gasteiger partial charge in [0.25, 0.3) is 5.91 Å². The van der Waals surface area contributed by atoms with Crippen LogP contribution in [0.3, 0.4) is 0 Å². The Labute approximate surface area is 152 Å². The first-order valence-corrected chi connectivity index (χ1v) is 8.54. The van der Waals surface area contributed by atoms with Gasteiger partial charge in [-0.3, -0.25) is 4.79 Å². The molecule has 2 aromatic rings. The lowest BCUT2D eigenvalue weighted by molar-refractivity contribution is -0.110. The van der Waals surface area contributed by atoms with E-state index >= 15 is 0 Å². The number of carbonyl (C=O) groups is 1. The zero-order valence-electron chi connectivity index (χ0n) is 14.9. The molecule has 26 heavy (non-hydrogen) atoms. The molecule has 0 unspecified atom stereocenters. The summed E-state index contributed by atoms with van der Waals surface area (Å²) in [6.07, 6.45) is 1.61. The molecule has 0 saturated carbocycles. The van der Waals surface area contributed by atoms with Crippen molar-refractivity contribution < 1.29 is 13.9 Å². The van der Waals surface area contributed by atoms with Crippen molar-refractivity contribution in [1.82, 2.24) is 0 Å². The number of benzene rings is 2. The number of nitrogens with one attached hydrogen (secondary N) is 2. The summed E-state index contributed by atoms with van der Waals surface area (Å²) in [6.45, 7) is 4.49. The van der Waals surface area contributed by atoms with Crippen molar-refractivity contribution in [1.29, 1.82) is 0 Å². The van der Waals surface area contributed by atoms with Crippen LogP contribution in [0.25, 0.3) is 5.57 Å². The Bertz CT molecular complexity index is 818. The Balaban J connectivity index is 1.73. The molecular weight excluding hydrogens is 333 g/mol. The largest absolute Gasteiger partial charge is 0.383 e. The van der Waals surface area contributed by atoms with Crippen LogP contribution in [-0.2, 0) is 9.53 Å². The van der Waals surface area contributed by atoms with E-state index in [-0.39, 0.29) is 11.7 Å². The normalized spacial score (nSPS) is 14.3. The zero-order chi connectivity index (χ0) is 18.5. The second kappa shape index (κ2) is 8.01. The molecule has 0 fully saturated rings. The van der Waals surface area contributed by atoms with Gasteiger partial charge in [-0.25, -0.2) is 4.39 Å². The maximum Gasteiger partial charge on any atom is 0.257 e. The third kappa shape index (κ3) is 3.86. The van der Waals surface area contributed by atoms with Gasteiger partial charge < -0.3 is 20.3 Å². The van der Waals surface area contributed by atoms with Crippen molar-refractivity contribution in [2.45, 2.75) is 6.92 Å². The van der Waals surface area contributed by atoms with Crippen LogP contribution in [0.15, 0.2) is 48.7 Å². The van der Waals surface area contributed by atoms with Gasteiger partial charge in [0.1, 0.15) is 5.82 Å². The standard InChI is InChI=1S/C20H22FN3O2/c1-3-24(10-11-26-2)16-7-5-15(6-8-16)22-13-18-17-12-14(21)4-9-19(17)23-20(18)25/h4-9,12-13,22H,3,10-11H2,1-2H3,(H,23,25)/b18-13-. The lowest BCUT2D eigenvalue weighted by atomic mass is 10.1. The highest BCUT2D eigenvalue weighted by atomic mass is 19.1. The molecule has 3 rings (SSSR count). The molecule has 1 aliphatic heterocycles. The molecular formula is C20H22FN3O2. The summed E-state index contributed by atoms with van der Waals surface area (Å²) < 4.78 is 18.6. The number of hydrogen-bond donors (Lipinski definition) is 2. The van der Waals surface area contributed by atoms with E-state index in [4.69, 9.17) is 4.74 Å². The molecule has 136 valence electrons. The summed E-state index contributed by atoms with van der Waals surface area (Å²) in [6, 6.07) is 12.2. The monoisotopic (exact) mass is 355 g/mol. The van der Waals surface area contributed by atoms with Gasteiger partial charge >= 0.3 is 0 Å². The second-order valence-corrected chi connectivity index (χ2v) is 5.97. The quantitative estimate of drug-likeness (QED) is 0.744. The van der Waals surface area contributed by atoms with Crippen molar-refractivity contribution in [3.8, 4) is 0 Å². The Morgan fingerprint density at radius 2 is 2.00 bits per heavy atom. The highest BCUT2D eigenvalue weighted by Crippen LogP contribution is 2.32. The number of methoxy groups -OCH3 is 1. The Morgan fingerprint density at radius 1 is 1.23 bits per heavy atom. The molecule has 5 nitrogen and oxygen atoms in total. The molecule has 6 heteroatoms. The smallest absolute Gasteiger partial charge is 0.257 e. The number of amides is 1. The first-order chi connectivity index (χ1) is 12.6. The van der Waals surface area contributed by atoms with Crippen LogP contribution < -0.4 is 15.5 Å². The van der Waals surface area contributed by atoms with Gasteiger partial charge in [-0.1, -0.05) is 0 Å². The number of anilines is 3. The predicted molar refractivity (Wildman–Crippen MR) is 103 cm³/mol. The fraction of sp³-hybridized carbons (Fsp3) is 0.250. The molecule has 0 spiro atoms. The number of hydrogen-bond acceptors (Lipinski definition) is 4. The van der Waals surface area contributed by atoms with Crippen LogP contribution in [-0.4, -0.2) is 32.7 Å². The number of halogens is 1. The summed E-state index contributed by atoms with van der Waals surface area (Å²) in [5, 5.41) is 5.85. The molecule has 0 aliphatic carbocycles. The van der Waals surface area contributed by atoms with E-state index in [1.165, 1.54) is 12.1 Å². The maximum atomic E-state index is 13.5. The van der Waals surface area contributed by atoms with Crippen LogP contribution in [0.5, 0.6) is 0 Å². The van der Waals surface area contributed by atoms with E-state index in [1.54, 1.807) is 19.4 Å². The zero-order valence-corrected chi connectivity index (χ0v) is 14.9. The van der Waals surface area contributed by atoms with Gasteiger partial charge in [0.2, 0.25) is 0 Å². The minimum absolute atomic E-state index is 0.244. The summed E-state index contributed by atoms with van der Waals surface area (Å²) in [4.78, 5) is 14.3. The van der Waals surface area contributed by atoms with Crippen LogP contribution in [0.2, 0.25) is 0 Å². The Hall–Kier alpha value is -2.86. The van der Waals surface area contributed by atoms with Crippen LogP contribution in [0, 0.1) is 5.82 Å². The molecule has 2 N–H and O–H groups in total.